The number of benzene rings is 1. The van der Waals surface area contributed by atoms with Crippen LogP contribution in [-0.2, 0) is 4.79 Å². The van der Waals surface area contributed by atoms with Crippen molar-refractivity contribution in [2.45, 2.75) is 41.5 Å². The van der Waals surface area contributed by atoms with Crippen LogP contribution in [0.2, 0.25) is 0 Å². The fraction of sp³-hybridized carbons (Fsp3) is 0.529. The summed E-state index contributed by atoms with van der Waals surface area (Å²) in [6, 6.07) is 0. The largest absolute Gasteiger partial charge is 0.314 e. The van der Waals surface area contributed by atoms with Crippen molar-refractivity contribution >= 4 is 17.4 Å². The van der Waals surface area contributed by atoms with E-state index in [0.29, 0.717) is 0 Å². The quantitative estimate of drug-likeness (QED) is 0.727. The molecule has 1 aliphatic heterocycles. The van der Waals surface area contributed by atoms with Crippen molar-refractivity contribution in [2.24, 2.45) is 11.8 Å². The highest BCUT2D eigenvalue weighted by atomic mass is 16.2. The normalized spacial score (nSPS) is 22.9. The van der Waals surface area contributed by atoms with Crippen LogP contribution in [0.25, 0.3) is 0 Å². The van der Waals surface area contributed by atoms with E-state index in [4.69, 9.17) is 0 Å². The molecule has 0 N–H and O–H groups in total. The smallest absolute Gasteiger partial charge is 0.230 e. The Hall–Kier alpha value is -1.64. The highest BCUT2D eigenvalue weighted by molar-refractivity contribution is 6.13. The lowest BCUT2D eigenvalue weighted by Crippen LogP contribution is -2.33. The number of hydrogen-bond acceptors (Lipinski definition) is 2. The summed E-state index contributed by atoms with van der Waals surface area (Å²) in [6.07, 6.45) is 0. The number of Topliss-reactive ketones (excluding diaryl/α,β-unsaturated/α-hetero) is 1. The maximum Gasteiger partial charge on any atom is 0.230 e. The zero-order valence-corrected chi connectivity index (χ0v) is 13.4. The number of anilines is 1. The Kier molecular flexibility index (Phi) is 3.49. The number of carbonyl (C=O) groups excluding carboxylic acids is 2. The first-order valence-corrected chi connectivity index (χ1v) is 7.12. The van der Waals surface area contributed by atoms with Gasteiger partial charge in [0.1, 0.15) is 0 Å². The van der Waals surface area contributed by atoms with E-state index in [9.17, 15) is 9.59 Å². The molecule has 108 valence electrons. The van der Waals surface area contributed by atoms with Crippen LogP contribution in [0.15, 0.2) is 0 Å². The third kappa shape index (κ3) is 1.80. The van der Waals surface area contributed by atoms with E-state index in [1.54, 1.807) is 11.9 Å². The molecule has 1 heterocycles. The minimum atomic E-state index is -0.278. The number of rotatable bonds is 0. The maximum absolute atomic E-state index is 12.8. The van der Waals surface area contributed by atoms with Crippen LogP contribution in [0.1, 0.15) is 46.5 Å². The Morgan fingerprint density at radius 2 is 1.30 bits per heavy atom. The SMILES string of the molecule is Cc1c(C)c(C)c2c(c1C)C(=O)C(C)C(C)C(=O)N2C. The Morgan fingerprint density at radius 3 is 1.85 bits per heavy atom. The van der Waals surface area contributed by atoms with E-state index in [2.05, 4.69) is 6.92 Å². The number of hydrogen-bond donors (Lipinski definition) is 0. The number of amides is 1. The first-order chi connectivity index (χ1) is 9.20. The highest BCUT2D eigenvalue weighted by Crippen LogP contribution is 2.39. The molecule has 0 saturated carbocycles. The maximum atomic E-state index is 12.8. The fourth-order valence-corrected chi connectivity index (χ4v) is 3.10. The predicted molar refractivity (Wildman–Crippen MR) is 81.5 cm³/mol. The summed E-state index contributed by atoms with van der Waals surface area (Å²) >= 11 is 0. The molecule has 0 bridgehead atoms. The van der Waals surface area contributed by atoms with Gasteiger partial charge in [0.25, 0.3) is 0 Å². The summed E-state index contributed by atoms with van der Waals surface area (Å²) in [6.45, 7) is 11.8. The van der Waals surface area contributed by atoms with Crippen molar-refractivity contribution in [3.63, 3.8) is 0 Å². The molecule has 1 amide bonds. The van der Waals surface area contributed by atoms with Crippen molar-refractivity contribution in [1.82, 2.24) is 0 Å². The minimum Gasteiger partial charge on any atom is -0.314 e. The van der Waals surface area contributed by atoms with Gasteiger partial charge in [-0.25, -0.2) is 0 Å². The third-order valence-electron chi connectivity index (χ3n) is 5.12. The molecule has 1 aromatic carbocycles. The van der Waals surface area contributed by atoms with Crippen LogP contribution in [0, 0.1) is 39.5 Å². The molecule has 0 spiro atoms. The summed E-state index contributed by atoms with van der Waals surface area (Å²) in [5, 5.41) is 0. The molecule has 1 aliphatic rings. The molecule has 0 saturated heterocycles. The number of fused-ring (bicyclic) bond motifs is 1. The van der Waals surface area contributed by atoms with Crippen LogP contribution < -0.4 is 4.90 Å². The van der Waals surface area contributed by atoms with Crippen molar-refractivity contribution in [1.29, 1.82) is 0 Å². The molecule has 3 nitrogen and oxygen atoms in total. The Labute approximate surface area is 121 Å². The second-order valence-electron chi connectivity index (χ2n) is 6.06. The van der Waals surface area contributed by atoms with Crippen molar-refractivity contribution in [3.8, 4) is 0 Å². The van der Waals surface area contributed by atoms with Crippen LogP contribution in [0.3, 0.4) is 0 Å². The Balaban J connectivity index is 2.89. The van der Waals surface area contributed by atoms with E-state index in [-0.39, 0.29) is 23.5 Å². The van der Waals surface area contributed by atoms with E-state index in [1.165, 1.54) is 0 Å². The molecular weight excluding hydrogens is 250 g/mol. The predicted octanol–water partition coefficient (Wildman–Crippen LogP) is 3.35. The van der Waals surface area contributed by atoms with Gasteiger partial charge in [0.05, 0.1) is 5.69 Å². The molecular formula is C17H23NO2. The van der Waals surface area contributed by atoms with Gasteiger partial charge in [-0.05, 0) is 49.9 Å². The Bertz CT molecular complexity index is 616. The summed E-state index contributed by atoms with van der Waals surface area (Å²) < 4.78 is 0. The van der Waals surface area contributed by atoms with Crippen LogP contribution in [0.4, 0.5) is 5.69 Å². The summed E-state index contributed by atoms with van der Waals surface area (Å²) in [5.41, 5.74) is 5.89. The topological polar surface area (TPSA) is 37.4 Å². The average Bonchev–Trinajstić information content (AvgIpc) is 2.49. The molecule has 2 atom stereocenters. The van der Waals surface area contributed by atoms with Crippen molar-refractivity contribution in [3.05, 3.63) is 27.8 Å². The average molecular weight is 273 g/mol. The lowest BCUT2D eigenvalue weighted by Gasteiger charge is -2.25. The molecule has 20 heavy (non-hydrogen) atoms. The second-order valence-corrected chi connectivity index (χ2v) is 6.06. The first kappa shape index (κ1) is 14.8. The molecule has 0 aliphatic carbocycles. The summed E-state index contributed by atoms with van der Waals surface area (Å²) in [7, 11) is 1.78. The molecule has 0 fully saturated rings. The molecule has 0 aromatic heterocycles. The van der Waals surface area contributed by atoms with E-state index >= 15 is 0 Å². The van der Waals surface area contributed by atoms with Gasteiger partial charge in [-0.2, -0.15) is 0 Å². The van der Waals surface area contributed by atoms with Crippen LogP contribution in [-0.4, -0.2) is 18.7 Å². The van der Waals surface area contributed by atoms with E-state index in [1.807, 2.05) is 34.6 Å². The van der Waals surface area contributed by atoms with Gasteiger partial charge in [0, 0.05) is 24.4 Å². The second kappa shape index (κ2) is 4.72. The molecule has 0 radical (unpaired) electrons. The molecule has 2 unspecified atom stereocenters. The minimum absolute atomic E-state index is 0.0235. The first-order valence-electron chi connectivity index (χ1n) is 7.12. The molecule has 2 rings (SSSR count). The van der Waals surface area contributed by atoms with E-state index in [0.717, 1.165) is 33.5 Å². The Morgan fingerprint density at radius 1 is 0.800 bits per heavy atom. The van der Waals surface area contributed by atoms with Crippen LogP contribution >= 0.6 is 0 Å². The van der Waals surface area contributed by atoms with Crippen LogP contribution in [0.5, 0.6) is 0 Å². The van der Waals surface area contributed by atoms with Gasteiger partial charge < -0.3 is 4.90 Å². The fourth-order valence-electron chi connectivity index (χ4n) is 3.10. The molecule has 1 aromatic rings. The zero-order valence-electron chi connectivity index (χ0n) is 13.4. The molecule has 3 heteroatoms. The van der Waals surface area contributed by atoms with Crippen molar-refractivity contribution < 1.29 is 9.59 Å². The lowest BCUT2D eigenvalue weighted by atomic mass is 9.84. The number of carbonyl (C=O) groups is 2. The number of ketones is 1. The van der Waals surface area contributed by atoms with Gasteiger partial charge in [0.15, 0.2) is 5.78 Å². The number of nitrogens with zero attached hydrogens (tertiary/aromatic N) is 1. The van der Waals surface area contributed by atoms with Gasteiger partial charge in [-0.1, -0.05) is 13.8 Å². The van der Waals surface area contributed by atoms with Gasteiger partial charge in [0.2, 0.25) is 5.91 Å². The zero-order chi connectivity index (χ0) is 15.4. The summed E-state index contributed by atoms with van der Waals surface area (Å²) in [5.74, 6) is -0.435. The standard InChI is InChI=1S/C17H23NO2/c1-8-9(2)11(4)15-14(10(8)3)16(19)12(5)13(6)17(20)18(15)7/h12-13H,1-7H3. The van der Waals surface area contributed by atoms with Gasteiger partial charge >= 0.3 is 0 Å². The highest BCUT2D eigenvalue weighted by Gasteiger charge is 2.37. The monoisotopic (exact) mass is 273 g/mol. The van der Waals surface area contributed by atoms with E-state index < -0.39 is 0 Å². The van der Waals surface area contributed by atoms with Gasteiger partial charge in [-0.3, -0.25) is 9.59 Å². The summed E-state index contributed by atoms with van der Waals surface area (Å²) in [4.78, 5) is 27.0. The van der Waals surface area contributed by atoms with Crippen molar-refractivity contribution in [2.75, 3.05) is 11.9 Å². The van der Waals surface area contributed by atoms with Gasteiger partial charge in [-0.15, -0.1) is 0 Å². The lowest BCUT2D eigenvalue weighted by molar-refractivity contribution is -0.122. The third-order valence-corrected chi connectivity index (χ3v) is 5.12.